The number of carbonyl (C=O) groups excluding carboxylic acids is 3. The molecule has 2 unspecified atom stereocenters. The lowest BCUT2D eigenvalue weighted by Gasteiger charge is -2.21. The standard InChI is InChI=1S/C29H31Cl2N5O6/c30-20-9-15-8-19(29(41)42-24(15)12-23(20)37)28(40)32-7-3-1-2-4-25(38)33-14-26(39)36-22-10-16(13-34-27(22)31)18-11-17-5-6-21(18)35-17/h8-10,12-13,17-18,21,35,37H,1-7,11,14H2,(H,32,40)(H,33,38)(H,36,39)/t17?,18-,21?/m1/s1. The molecule has 2 saturated heterocycles. The van der Waals surface area contributed by atoms with Gasteiger partial charge in [0.25, 0.3) is 5.91 Å². The Morgan fingerprint density at radius 1 is 1.05 bits per heavy atom. The number of hydrogen-bond acceptors (Lipinski definition) is 8. The van der Waals surface area contributed by atoms with Crippen LogP contribution in [0.5, 0.6) is 5.75 Å². The van der Waals surface area contributed by atoms with Crippen LogP contribution in [0.4, 0.5) is 5.69 Å². The van der Waals surface area contributed by atoms with Crippen molar-refractivity contribution in [3.63, 3.8) is 0 Å². The van der Waals surface area contributed by atoms with E-state index in [0.717, 1.165) is 18.4 Å². The SMILES string of the molecule is O=C(CCCCCNC(=O)c1cc2cc(Cl)c(O)cc2oc1=O)NCC(=O)Nc1cc([C@H]2CC3CCC2N3)cnc1Cl. The Balaban J connectivity index is 0.990. The Hall–Kier alpha value is -3.67. The van der Waals surface area contributed by atoms with E-state index in [1.54, 1.807) is 6.20 Å². The highest BCUT2D eigenvalue weighted by atomic mass is 35.5. The number of amides is 3. The molecule has 4 heterocycles. The molecule has 1 aromatic carbocycles. The molecule has 0 spiro atoms. The highest BCUT2D eigenvalue weighted by molar-refractivity contribution is 6.33. The molecule has 5 rings (SSSR count). The van der Waals surface area contributed by atoms with Crippen LogP contribution in [0, 0.1) is 0 Å². The molecule has 3 atom stereocenters. The third-order valence-electron chi connectivity index (χ3n) is 7.72. The quantitative estimate of drug-likeness (QED) is 0.123. The predicted octanol–water partition coefficient (Wildman–Crippen LogP) is 3.85. The fourth-order valence-corrected chi connectivity index (χ4v) is 5.90. The summed E-state index contributed by atoms with van der Waals surface area (Å²) in [6.07, 6.45) is 7.14. The summed E-state index contributed by atoms with van der Waals surface area (Å²) in [5.74, 6) is -1.12. The van der Waals surface area contributed by atoms with Gasteiger partial charge in [0.15, 0.2) is 5.15 Å². The van der Waals surface area contributed by atoms with E-state index in [1.165, 1.54) is 24.6 Å². The number of unbranched alkanes of at least 4 members (excludes halogenated alkanes) is 2. The van der Waals surface area contributed by atoms with Gasteiger partial charge < -0.3 is 30.8 Å². The van der Waals surface area contributed by atoms with Crippen LogP contribution in [0.2, 0.25) is 10.2 Å². The topological polar surface area (TPSA) is 163 Å². The molecule has 3 aromatic rings. The molecule has 0 aliphatic carbocycles. The number of hydrogen-bond donors (Lipinski definition) is 5. The van der Waals surface area contributed by atoms with Crippen molar-refractivity contribution in [2.24, 2.45) is 0 Å². The van der Waals surface area contributed by atoms with Gasteiger partial charge in [-0.2, -0.15) is 0 Å². The summed E-state index contributed by atoms with van der Waals surface area (Å²) in [5, 5.41) is 21.9. The maximum absolute atomic E-state index is 12.4. The van der Waals surface area contributed by atoms with E-state index in [2.05, 4.69) is 26.3 Å². The number of nitrogens with one attached hydrogen (secondary N) is 4. The van der Waals surface area contributed by atoms with Crippen molar-refractivity contribution in [3.05, 3.63) is 62.2 Å². The summed E-state index contributed by atoms with van der Waals surface area (Å²) in [5.41, 5.74) is 0.594. The normalized spacial score (nSPS) is 19.1. The van der Waals surface area contributed by atoms with Gasteiger partial charge in [0, 0.05) is 48.6 Å². The minimum Gasteiger partial charge on any atom is -0.506 e. The van der Waals surface area contributed by atoms with Gasteiger partial charge in [-0.1, -0.05) is 29.6 Å². The van der Waals surface area contributed by atoms with Crippen LogP contribution in [0.3, 0.4) is 0 Å². The van der Waals surface area contributed by atoms with Crippen LogP contribution >= 0.6 is 23.2 Å². The highest BCUT2D eigenvalue weighted by Gasteiger charge is 2.40. The Morgan fingerprint density at radius 3 is 2.64 bits per heavy atom. The van der Waals surface area contributed by atoms with Crippen molar-refractivity contribution in [2.45, 2.75) is 62.9 Å². The number of carbonyl (C=O) groups is 3. The van der Waals surface area contributed by atoms with Crippen molar-refractivity contribution in [3.8, 4) is 5.75 Å². The van der Waals surface area contributed by atoms with Gasteiger partial charge in [0.05, 0.1) is 17.3 Å². The molecule has 2 aliphatic rings. The van der Waals surface area contributed by atoms with E-state index in [-0.39, 0.29) is 45.9 Å². The summed E-state index contributed by atoms with van der Waals surface area (Å²) in [4.78, 5) is 53.5. The highest BCUT2D eigenvalue weighted by Crippen LogP contribution is 2.40. The molecule has 2 aromatic heterocycles. The molecule has 3 amide bonds. The second-order valence-corrected chi connectivity index (χ2v) is 11.4. The number of anilines is 1. The first-order chi connectivity index (χ1) is 20.2. The molecule has 13 heteroatoms. The van der Waals surface area contributed by atoms with Crippen molar-refractivity contribution < 1.29 is 23.9 Å². The van der Waals surface area contributed by atoms with Crippen LogP contribution in [0.1, 0.15) is 66.8 Å². The van der Waals surface area contributed by atoms with Crippen molar-refractivity contribution in [2.75, 3.05) is 18.4 Å². The first-order valence-corrected chi connectivity index (χ1v) is 14.7. The molecule has 5 N–H and O–H groups in total. The van der Waals surface area contributed by atoms with Crippen LogP contribution < -0.4 is 26.9 Å². The van der Waals surface area contributed by atoms with E-state index in [0.29, 0.717) is 54.9 Å². The molecule has 42 heavy (non-hydrogen) atoms. The van der Waals surface area contributed by atoms with Gasteiger partial charge >= 0.3 is 5.63 Å². The van der Waals surface area contributed by atoms with Gasteiger partial charge in [-0.3, -0.25) is 14.4 Å². The Labute approximate surface area is 251 Å². The lowest BCUT2D eigenvalue weighted by atomic mass is 9.84. The number of halogens is 2. The number of nitrogens with zero attached hydrogens (tertiary/aromatic N) is 1. The zero-order chi connectivity index (χ0) is 29.8. The molecule has 222 valence electrons. The third-order valence-corrected chi connectivity index (χ3v) is 8.33. The van der Waals surface area contributed by atoms with Crippen molar-refractivity contribution >= 4 is 57.6 Å². The average molecular weight is 617 g/mol. The number of phenols is 1. The van der Waals surface area contributed by atoms with Crippen LogP contribution in [-0.4, -0.2) is 53.0 Å². The van der Waals surface area contributed by atoms with Gasteiger partial charge in [-0.15, -0.1) is 0 Å². The lowest BCUT2D eigenvalue weighted by Crippen LogP contribution is -2.33. The summed E-state index contributed by atoms with van der Waals surface area (Å²) in [6, 6.07) is 6.82. The van der Waals surface area contributed by atoms with Gasteiger partial charge in [-0.25, -0.2) is 9.78 Å². The van der Waals surface area contributed by atoms with Crippen molar-refractivity contribution in [1.82, 2.24) is 20.9 Å². The maximum Gasteiger partial charge on any atom is 0.349 e. The number of rotatable bonds is 11. The van der Waals surface area contributed by atoms with E-state index in [9.17, 15) is 24.3 Å². The first-order valence-electron chi connectivity index (χ1n) is 13.9. The molecular formula is C29H31Cl2N5O6. The van der Waals surface area contributed by atoms with Crippen LogP contribution in [-0.2, 0) is 9.59 Å². The summed E-state index contributed by atoms with van der Waals surface area (Å²) in [6.45, 7) is 0.104. The predicted molar refractivity (Wildman–Crippen MR) is 158 cm³/mol. The summed E-state index contributed by atoms with van der Waals surface area (Å²) in [7, 11) is 0. The van der Waals surface area contributed by atoms with Gasteiger partial charge in [0.1, 0.15) is 16.9 Å². The number of phenolic OH excluding ortho intramolecular Hbond substituents is 1. The van der Waals surface area contributed by atoms with Crippen LogP contribution in [0.25, 0.3) is 11.0 Å². The smallest absolute Gasteiger partial charge is 0.349 e. The molecule has 2 aliphatic heterocycles. The number of benzene rings is 1. The van der Waals surface area contributed by atoms with Crippen molar-refractivity contribution in [1.29, 1.82) is 0 Å². The first kappa shape index (κ1) is 29.8. The number of fused-ring (bicyclic) bond motifs is 3. The molecule has 11 nitrogen and oxygen atoms in total. The maximum atomic E-state index is 12.4. The van der Waals surface area contributed by atoms with Crippen LogP contribution in [0.15, 0.2) is 39.7 Å². The zero-order valence-corrected chi connectivity index (χ0v) is 24.2. The fraction of sp³-hybridized carbons (Fsp3) is 0.414. The minimum absolute atomic E-state index is 0.0720. The Kier molecular flexibility index (Phi) is 9.30. The van der Waals surface area contributed by atoms with Gasteiger partial charge in [-0.05, 0) is 55.9 Å². The fourth-order valence-electron chi connectivity index (χ4n) is 5.58. The number of aromatic nitrogens is 1. The second-order valence-electron chi connectivity index (χ2n) is 10.7. The molecular weight excluding hydrogens is 585 g/mol. The molecule has 0 saturated carbocycles. The van der Waals surface area contributed by atoms with E-state index >= 15 is 0 Å². The lowest BCUT2D eigenvalue weighted by molar-refractivity contribution is -0.124. The Morgan fingerprint density at radius 2 is 1.88 bits per heavy atom. The van der Waals surface area contributed by atoms with E-state index in [1.807, 2.05) is 6.07 Å². The zero-order valence-electron chi connectivity index (χ0n) is 22.7. The van der Waals surface area contributed by atoms with Gasteiger partial charge in [0.2, 0.25) is 11.8 Å². The molecule has 2 bridgehead atoms. The largest absolute Gasteiger partial charge is 0.506 e. The molecule has 2 fully saturated rings. The molecule has 0 radical (unpaired) electrons. The number of aromatic hydroxyl groups is 1. The second kappa shape index (κ2) is 13.1. The minimum atomic E-state index is -0.827. The Bertz CT molecular complexity index is 1580. The average Bonchev–Trinajstić information content (AvgIpc) is 3.60. The third kappa shape index (κ3) is 7.03. The number of pyridine rings is 1. The summed E-state index contributed by atoms with van der Waals surface area (Å²) >= 11 is 12.1. The monoisotopic (exact) mass is 615 g/mol. The van der Waals surface area contributed by atoms with E-state index in [4.69, 9.17) is 27.6 Å². The summed E-state index contributed by atoms with van der Waals surface area (Å²) < 4.78 is 5.12. The van der Waals surface area contributed by atoms with E-state index < -0.39 is 17.4 Å².